The Morgan fingerprint density at radius 3 is 2.75 bits per heavy atom. The van der Waals surface area contributed by atoms with E-state index in [9.17, 15) is 0 Å². The molecular weight excluding hydrogens is 340 g/mol. The monoisotopic (exact) mass is 356 g/mol. The standard InChI is InChI=1S/C18H17ClN4S/c1-12-8-20-17(24-12)11-23-7-6-16-14(10-23)9-21-18(22-16)13-2-4-15(19)5-3-13/h2-5,8-9H,6-7,10-11H2,1H3. The molecule has 122 valence electrons. The Bertz CT molecular complexity index is 860. The maximum absolute atomic E-state index is 5.95. The number of aryl methyl sites for hydroxylation is 1. The van der Waals surface area contributed by atoms with Crippen molar-refractivity contribution in [3.8, 4) is 11.4 Å². The summed E-state index contributed by atoms with van der Waals surface area (Å²) in [5.41, 5.74) is 3.37. The van der Waals surface area contributed by atoms with Crippen molar-refractivity contribution in [1.29, 1.82) is 0 Å². The van der Waals surface area contributed by atoms with Crippen molar-refractivity contribution >= 4 is 22.9 Å². The van der Waals surface area contributed by atoms with Crippen molar-refractivity contribution in [3.63, 3.8) is 0 Å². The number of benzene rings is 1. The SMILES string of the molecule is Cc1cnc(CN2CCc3nc(-c4ccc(Cl)cc4)ncc3C2)s1. The van der Waals surface area contributed by atoms with E-state index in [-0.39, 0.29) is 0 Å². The van der Waals surface area contributed by atoms with E-state index in [1.807, 2.05) is 36.7 Å². The van der Waals surface area contributed by atoms with Crippen molar-refractivity contribution in [3.05, 3.63) is 62.8 Å². The van der Waals surface area contributed by atoms with Gasteiger partial charge in [-0.25, -0.2) is 15.0 Å². The molecule has 0 fully saturated rings. The number of hydrogen-bond donors (Lipinski definition) is 0. The summed E-state index contributed by atoms with van der Waals surface area (Å²) in [7, 11) is 0. The third-order valence-electron chi connectivity index (χ3n) is 4.14. The first kappa shape index (κ1) is 15.7. The molecule has 0 bridgehead atoms. The van der Waals surface area contributed by atoms with Crippen molar-refractivity contribution < 1.29 is 0 Å². The summed E-state index contributed by atoms with van der Waals surface area (Å²) in [6, 6.07) is 7.67. The average Bonchev–Trinajstić information content (AvgIpc) is 3.00. The van der Waals surface area contributed by atoms with Gasteiger partial charge in [0, 0.05) is 52.9 Å². The van der Waals surface area contributed by atoms with Gasteiger partial charge in [-0.05, 0) is 31.2 Å². The molecule has 0 aliphatic carbocycles. The highest BCUT2D eigenvalue weighted by Crippen LogP contribution is 2.24. The fourth-order valence-corrected chi connectivity index (χ4v) is 3.87. The smallest absolute Gasteiger partial charge is 0.159 e. The van der Waals surface area contributed by atoms with Gasteiger partial charge in [0.15, 0.2) is 5.82 Å². The molecule has 3 heterocycles. The van der Waals surface area contributed by atoms with Crippen molar-refractivity contribution in [2.24, 2.45) is 0 Å². The van der Waals surface area contributed by atoms with E-state index < -0.39 is 0 Å². The summed E-state index contributed by atoms with van der Waals surface area (Å²) >= 11 is 7.72. The molecule has 0 unspecified atom stereocenters. The van der Waals surface area contributed by atoms with Gasteiger partial charge < -0.3 is 0 Å². The second-order valence-electron chi connectivity index (χ2n) is 6.00. The molecule has 0 amide bonds. The summed E-state index contributed by atoms with van der Waals surface area (Å²) in [6.45, 7) is 4.88. The molecule has 1 aliphatic heterocycles. The van der Waals surface area contributed by atoms with Crippen LogP contribution in [-0.4, -0.2) is 26.4 Å². The number of nitrogens with zero attached hydrogens (tertiary/aromatic N) is 4. The second-order valence-corrected chi connectivity index (χ2v) is 7.75. The minimum Gasteiger partial charge on any atom is -0.292 e. The number of halogens is 1. The highest BCUT2D eigenvalue weighted by molar-refractivity contribution is 7.11. The van der Waals surface area contributed by atoms with Gasteiger partial charge in [0.1, 0.15) is 5.01 Å². The van der Waals surface area contributed by atoms with E-state index >= 15 is 0 Å². The number of fused-ring (bicyclic) bond motifs is 1. The fourth-order valence-electron chi connectivity index (χ4n) is 2.91. The number of aromatic nitrogens is 3. The third-order valence-corrected chi connectivity index (χ3v) is 5.29. The zero-order valence-corrected chi connectivity index (χ0v) is 14.9. The highest BCUT2D eigenvalue weighted by Gasteiger charge is 2.19. The first-order chi connectivity index (χ1) is 11.7. The third kappa shape index (κ3) is 3.34. The Morgan fingerprint density at radius 2 is 2.00 bits per heavy atom. The molecule has 6 heteroatoms. The number of thiazole rings is 1. The van der Waals surface area contributed by atoms with Crippen LogP contribution in [0.15, 0.2) is 36.7 Å². The van der Waals surface area contributed by atoms with Crippen LogP contribution in [0.2, 0.25) is 5.02 Å². The van der Waals surface area contributed by atoms with Gasteiger partial charge in [0.05, 0.1) is 12.2 Å². The summed E-state index contributed by atoms with van der Waals surface area (Å²) in [4.78, 5) is 17.4. The summed E-state index contributed by atoms with van der Waals surface area (Å²) in [5.74, 6) is 0.773. The first-order valence-corrected chi connectivity index (χ1v) is 9.11. The normalized spacial score (nSPS) is 14.6. The lowest BCUT2D eigenvalue weighted by Crippen LogP contribution is -2.30. The minimum absolute atomic E-state index is 0.727. The van der Waals surface area contributed by atoms with Crippen LogP contribution in [-0.2, 0) is 19.5 Å². The quantitative estimate of drug-likeness (QED) is 0.708. The Labute approximate surface area is 150 Å². The lowest BCUT2D eigenvalue weighted by atomic mass is 10.1. The fraction of sp³-hybridized carbons (Fsp3) is 0.278. The average molecular weight is 357 g/mol. The molecule has 0 saturated heterocycles. The van der Waals surface area contributed by atoms with Crippen molar-refractivity contribution in [2.75, 3.05) is 6.54 Å². The zero-order valence-electron chi connectivity index (χ0n) is 13.4. The van der Waals surface area contributed by atoms with Crippen LogP contribution < -0.4 is 0 Å². The Kier molecular flexibility index (Phi) is 4.31. The topological polar surface area (TPSA) is 41.9 Å². The van der Waals surface area contributed by atoms with Crippen LogP contribution in [0.25, 0.3) is 11.4 Å². The van der Waals surface area contributed by atoms with Gasteiger partial charge in [0.2, 0.25) is 0 Å². The summed E-state index contributed by atoms with van der Waals surface area (Å²) < 4.78 is 0. The molecule has 1 aromatic carbocycles. The van der Waals surface area contributed by atoms with Crippen molar-refractivity contribution in [1.82, 2.24) is 19.9 Å². The molecule has 2 aromatic heterocycles. The molecule has 0 saturated carbocycles. The molecule has 4 nitrogen and oxygen atoms in total. The highest BCUT2D eigenvalue weighted by atomic mass is 35.5. The Hall–Kier alpha value is -1.82. The molecule has 0 radical (unpaired) electrons. The molecule has 4 rings (SSSR count). The zero-order chi connectivity index (χ0) is 16.5. The van der Waals surface area contributed by atoms with E-state index in [1.54, 1.807) is 11.3 Å². The molecule has 0 atom stereocenters. The van der Waals surface area contributed by atoms with E-state index in [2.05, 4.69) is 21.8 Å². The molecular formula is C18H17ClN4S. The van der Waals surface area contributed by atoms with E-state index in [0.717, 1.165) is 48.2 Å². The summed E-state index contributed by atoms with van der Waals surface area (Å²) in [6.07, 6.45) is 4.85. The lowest BCUT2D eigenvalue weighted by Gasteiger charge is -2.27. The summed E-state index contributed by atoms with van der Waals surface area (Å²) in [5, 5.41) is 1.90. The van der Waals surface area contributed by atoms with Gasteiger partial charge in [0.25, 0.3) is 0 Å². The number of rotatable bonds is 3. The molecule has 1 aliphatic rings. The van der Waals surface area contributed by atoms with Crippen LogP contribution in [0.4, 0.5) is 0 Å². The van der Waals surface area contributed by atoms with Crippen LogP contribution in [0.1, 0.15) is 21.1 Å². The van der Waals surface area contributed by atoms with E-state index in [4.69, 9.17) is 16.6 Å². The van der Waals surface area contributed by atoms with Crippen molar-refractivity contribution in [2.45, 2.75) is 26.4 Å². The van der Waals surface area contributed by atoms with Crippen LogP contribution in [0.5, 0.6) is 0 Å². The first-order valence-electron chi connectivity index (χ1n) is 7.92. The van der Waals surface area contributed by atoms with Gasteiger partial charge in [-0.2, -0.15) is 0 Å². The maximum atomic E-state index is 5.95. The maximum Gasteiger partial charge on any atom is 0.159 e. The van der Waals surface area contributed by atoms with Crippen LogP contribution in [0, 0.1) is 6.92 Å². The number of hydrogen-bond acceptors (Lipinski definition) is 5. The van der Waals surface area contributed by atoms with Gasteiger partial charge >= 0.3 is 0 Å². The predicted molar refractivity (Wildman–Crippen MR) is 97.1 cm³/mol. The second kappa shape index (κ2) is 6.59. The molecule has 24 heavy (non-hydrogen) atoms. The van der Waals surface area contributed by atoms with Crippen LogP contribution >= 0.6 is 22.9 Å². The Balaban J connectivity index is 1.52. The minimum atomic E-state index is 0.727. The Morgan fingerprint density at radius 1 is 1.17 bits per heavy atom. The molecule has 0 N–H and O–H groups in total. The van der Waals surface area contributed by atoms with Gasteiger partial charge in [-0.15, -0.1) is 11.3 Å². The lowest BCUT2D eigenvalue weighted by molar-refractivity contribution is 0.242. The predicted octanol–water partition coefficient (Wildman–Crippen LogP) is 4.12. The molecule has 3 aromatic rings. The van der Waals surface area contributed by atoms with Gasteiger partial charge in [-0.3, -0.25) is 4.90 Å². The largest absolute Gasteiger partial charge is 0.292 e. The molecule has 0 spiro atoms. The van der Waals surface area contributed by atoms with E-state index in [0.29, 0.717) is 0 Å². The van der Waals surface area contributed by atoms with Gasteiger partial charge in [-0.1, -0.05) is 11.6 Å². The van der Waals surface area contributed by atoms with E-state index in [1.165, 1.54) is 15.4 Å². The van der Waals surface area contributed by atoms with Crippen LogP contribution in [0.3, 0.4) is 0 Å².